The number of hydrogen-bond donors (Lipinski definition) is 2. The SMILES string of the molecule is CC1NC(=O)Nc2ccc(F)cc21. The largest absolute Gasteiger partial charge is 0.331 e. The zero-order chi connectivity index (χ0) is 9.42. The molecule has 1 heterocycles. The molecule has 2 N–H and O–H groups in total. The van der Waals surface area contributed by atoms with E-state index in [1.165, 1.54) is 12.1 Å². The van der Waals surface area contributed by atoms with Crippen molar-refractivity contribution in [3.05, 3.63) is 29.6 Å². The third kappa shape index (κ3) is 1.35. The van der Waals surface area contributed by atoms with Gasteiger partial charge in [0, 0.05) is 11.3 Å². The highest BCUT2D eigenvalue weighted by atomic mass is 19.1. The van der Waals surface area contributed by atoms with Crippen LogP contribution in [0.15, 0.2) is 18.2 Å². The number of fused-ring (bicyclic) bond motifs is 1. The van der Waals surface area contributed by atoms with E-state index in [0.717, 1.165) is 5.56 Å². The van der Waals surface area contributed by atoms with Crippen molar-refractivity contribution in [1.82, 2.24) is 5.32 Å². The van der Waals surface area contributed by atoms with Crippen LogP contribution in [-0.2, 0) is 0 Å². The molecule has 1 aromatic rings. The maximum Gasteiger partial charge on any atom is 0.319 e. The summed E-state index contributed by atoms with van der Waals surface area (Å²) in [6.07, 6.45) is 0. The number of anilines is 1. The Morgan fingerprint density at radius 2 is 2.23 bits per heavy atom. The fraction of sp³-hybridized carbons (Fsp3) is 0.222. The summed E-state index contributed by atoms with van der Waals surface area (Å²) < 4.78 is 12.8. The Labute approximate surface area is 74.9 Å². The topological polar surface area (TPSA) is 41.1 Å². The number of amides is 2. The van der Waals surface area contributed by atoms with Crippen LogP contribution in [0.5, 0.6) is 0 Å². The Kier molecular flexibility index (Phi) is 1.69. The molecule has 0 radical (unpaired) electrons. The van der Waals surface area contributed by atoms with Gasteiger partial charge in [-0.3, -0.25) is 0 Å². The highest BCUT2D eigenvalue weighted by Gasteiger charge is 2.20. The van der Waals surface area contributed by atoms with E-state index in [0.29, 0.717) is 5.69 Å². The van der Waals surface area contributed by atoms with Gasteiger partial charge in [0.05, 0.1) is 6.04 Å². The summed E-state index contributed by atoms with van der Waals surface area (Å²) >= 11 is 0. The highest BCUT2D eigenvalue weighted by Crippen LogP contribution is 2.26. The molecule has 4 heteroatoms. The molecule has 1 atom stereocenters. The Morgan fingerprint density at radius 1 is 1.46 bits per heavy atom. The number of rotatable bonds is 0. The lowest BCUT2D eigenvalue weighted by atomic mass is 10.0. The predicted octanol–water partition coefficient (Wildman–Crippen LogP) is 2.02. The van der Waals surface area contributed by atoms with E-state index in [9.17, 15) is 9.18 Å². The summed E-state index contributed by atoms with van der Waals surface area (Å²) in [6, 6.07) is 3.94. The lowest BCUT2D eigenvalue weighted by Gasteiger charge is -2.24. The summed E-state index contributed by atoms with van der Waals surface area (Å²) in [5.41, 5.74) is 1.46. The molecule has 1 unspecified atom stereocenters. The minimum absolute atomic E-state index is 0.139. The number of halogens is 1. The summed E-state index contributed by atoms with van der Waals surface area (Å²) in [7, 11) is 0. The molecule has 2 rings (SSSR count). The molecular weight excluding hydrogens is 171 g/mol. The second-order valence-electron chi connectivity index (χ2n) is 3.05. The van der Waals surface area contributed by atoms with Crippen molar-refractivity contribution >= 4 is 11.7 Å². The average Bonchev–Trinajstić information content (AvgIpc) is 2.06. The molecule has 13 heavy (non-hydrogen) atoms. The monoisotopic (exact) mass is 180 g/mol. The fourth-order valence-electron chi connectivity index (χ4n) is 1.44. The second kappa shape index (κ2) is 2.73. The van der Waals surface area contributed by atoms with Gasteiger partial charge in [-0.05, 0) is 25.1 Å². The third-order valence-electron chi connectivity index (χ3n) is 2.08. The molecule has 0 saturated carbocycles. The predicted molar refractivity (Wildman–Crippen MR) is 47.0 cm³/mol. The van der Waals surface area contributed by atoms with Gasteiger partial charge < -0.3 is 10.6 Å². The number of urea groups is 1. The molecule has 0 fully saturated rings. The van der Waals surface area contributed by atoms with Crippen molar-refractivity contribution in [3.8, 4) is 0 Å². The van der Waals surface area contributed by atoms with Crippen LogP contribution in [0.4, 0.5) is 14.9 Å². The van der Waals surface area contributed by atoms with Gasteiger partial charge in [-0.2, -0.15) is 0 Å². The van der Waals surface area contributed by atoms with Crippen LogP contribution in [0.1, 0.15) is 18.5 Å². The first kappa shape index (κ1) is 8.04. The molecule has 0 spiro atoms. The zero-order valence-corrected chi connectivity index (χ0v) is 7.10. The van der Waals surface area contributed by atoms with Gasteiger partial charge in [0.25, 0.3) is 0 Å². The van der Waals surface area contributed by atoms with Crippen molar-refractivity contribution < 1.29 is 9.18 Å². The highest BCUT2D eigenvalue weighted by molar-refractivity contribution is 5.92. The van der Waals surface area contributed by atoms with E-state index in [4.69, 9.17) is 0 Å². The van der Waals surface area contributed by atoms with Crippen LogP contribution >= 0.6 is 0 Å². The number of carbonyl (C=O) groups is 1. The van der Waals surface area contributed by atoms with E-state index in [2.05, 4.69) is 10.6 Å². The molecule has 0 aromatic heterocycles. The van der Waals surface area contributed by atoms with Crippen molar-refractivity contribution in [2.24, 2.45) is 0 Å². The first-order valence-electron chi connectivity index (χ1n) is 4.04. The number of nitrogens with one attached hydrogen (secondary N) is 2. The molecule has 68 valence electrons. The van der Waals surface area contributed by atoms with Crippen molar-refractivity contribution in [2.45, 2.75) is 13.0 Å². The molecule has 1 aliphatic heterocycles. The van der Waals surface area contributed by atoms with Crippen LogP contribution < -0.4 is 10.6 Å². The normalized spacial score (nSPS) is 20.2. The number of hydrogen-bond acceptors (Lipinski definition) is 1. The van der Waals surface area contributed by atoms with Crippen molar-refractivity contribution in [3.63, 3.8) is 0 Å². The Balaban J connectivity index is 2.49. The molecule has 1 aliphatic rings. The minimum atomic E-state index is -0.288. The van der Waals surface area contributed by atoms with Gasteiger partial charge in [0.2, 0.25) is 0 Å². The lowest BCUT2D eigenvalue weighted by molar-refractivity contribution is 0.248. The van der Waals surface area contributed by atoms with E-state index >= 15 is 0 Å². The van der Waals surface area contributed by atoms with Gasteiger partial charge >= 0.3 is 6.03 Å². The van der Waals surface area contributed by atoms with Gasteiger partial charge in [0.15, 0.2) is 0 Å². The lowest BCUT2D eigenvalue weighted by Crippen LogP contribution is -2.36. The molecule has 0 aliphatic carbocycles. The Hall–Kier alpha value is -1.58. The van der Waals surface area contributed by atoms with Gasteiger partial charge in [-0.25, -0.2) is 9.18 Å². The summed E-state index contributed by atoms with van der Waals surface area (Å²) in [5.74, 6) is -0.288. The molecule has 2 amide bonds. The quantitative estimate of drug-likeness (QED) is 0.630. The number of benzene rings is 1. The van der Waals surface area contributed by atoms with E-state index in [1.54, 1.807) is 6.07 Å². The maximum absolute atomic E-state index is 12.8. The zero-order valence-electron chi connectivity index (χ0n) is 7.10. The fourth-order valence-corrected chi connectivity index (χ4v) is 1.44. The Morgan fingerprint density at radius 3 is 3.00 bits per heavy atom. The molecule has 0 saturated heterocycles. The number of carbonyl (C=O) groups excluding carboxylic acids is 1. The summed E-state index contributed by atoms with van der Waals surface area (Å²) in [4.78, 5) is 11.0. The van der Waals surface area contributed by atoms with Gasteiger partial charge in [-0.15, -0.1) is 0 Å². The van der Waals surface area contributed by atoms with Crippen LogP contribution in [-0.4, -0.2) is 6.03 Å². The molecule has 3 nitrogen and oxygen atoms in total. The average molecular weight is 180 g/mol. The minimum Gasteiger partial charge on any atom is -0.331 e. The molecule has 0 bridgehead atoms. The summed E-state index contributed by atoms with van der Waals surface area (Å²) in [5, 5.41) is 5.25. The van der Waals surface area contributed by atoms with Crippen molar-refractivity contribution in [1.29, 1.82) is 0 Å². The van der Waals surface area contributed by atoms with E-state index < -0.39 is 0 Å². The van der Waals surface area contributed by atoms with Crippen LogP contribution in [0.2, 0.25) is 0 Å². The standard InChI is InChI=1S/C9H9FN2O/c1-5-7-4-6(10)2-3-8(7)12-9(13)11-5/h2-5H,1H3,(H2,11,12,13). The summed E-state index contributed by atoms with van der Waals surface area (Å²) in [6.45, 7) is 1.82. The second-order valence-corrected chi connectivity index (χ2v) is 3.05. The Bertz CT molecular complexity index is 365. The molecular formula is C9H9FN2O. The van der Waals surface area contributed by atoms with Gasteiger partial charge in [0.1, 0.15) is 5.82 Å². The van der Waals surface area contributed by atoms with E-state index in [-0.39, 0.29) is 17.9 Å². The first-order valence-corrected chi connectivity index (χ1v) is 4.04. The smallest absolute Gasteiger partial charge is 0.319 e. The maximum atomic E-state index is 12.8. The van der Waals surface area contributed by atoms with Crippen molar-refractivity contribution in [2.75, 3.05) is 5.32 Å². The molecule has 1 aromatic carbocycles. The van der Waals surface area contributed by atoms with Gasteiger partial charge in [-0.1, -0.05) is 0 Å². The van der Waals surface area contributed by atoms with Crippen LogP contribution in [0.3, 0.4) is 0 Å². The van der Waals surface area contributed by atoms with Crippen LogP contribution in [0.25, 0.3) is 0 Å². The third-order valence-corrected chi connectivity index (χ3v) is 2.08. The first-order chi connectivity index (χ1) is 6.16. The van der Waals surface area contributed by atoms with Crippen LogP contribution in [0, 0.1) is 5.82 Å². The van der Waals surface area contributed by atoms with E-state index in [1.807, 2.05) is 6.92 Å².